The average molecular weight is 298 g/mol. The van der Waals surface area contributed by atoms with Crippen LogP contribution in [0.1, 0.15) is 24.4 Å². The number of rotatable bonds is 1. The molecular formula is C13H13F3N4O. The van der Waals surface area contributed by atoms with Crippen LogP contribution in [0, 0.1) is 0 Å². The normalized spacial score (nSPS) is 19.8. The molecular weight excluding hydrogens is 285 g/mol. The summed E-state index contributed by atoms with van der Waals surface area (Å²) >= 11 is 0. The Labute approximate surface area is 117 Å². The molecule has 2 heterocycles. The standard InChI is InChI=1S/C13H13F3N4O/c14-13(15,16)7-3-4-9-8(6-7)19-12(17)20(9)10-2-1-5-18-11(10)21/h3-4,6,10H,1-2,5H2,(H2,17,19)(H,18,21). The van der Waals surface area contributed by atoms with Crippen molar-refractivity contribution in [2.75, 3.05) is 12.3 Å². The van der Waals surface area contributed by atoms with Crippen molar-refractivity contribution in [1.29, 1.82) is 0 Å². The highest BCUT2D eigenvalue weighted by Gasteiger charge is 2.32. The highest BCUT2D eigenvalue weighted by atomic mass is 19.4. The third-order valence-corrected chi connectivity index (χ3v) is 3.61. The van der Waals surface area contributed by atoms with E-state index in [1.165, 1.54) is 10.6 Å². The van der Waals surface area contributed by atoms with Crippen molar-refractivity contribution in [3.63, 3.8) is 0 Å². The maximum atomic E-state index is 12.7. The van der Waals surface area contributed by atoms with Gasteiger partial charge in [0, 0.05) is 6.54 Å². The maximum Gasteiger partial charge on any atom is 0.416 e. The average Bonchev–Trinajstić information content (AvgIpc) is 2.73. The number of nitrogens with two attached hydrogens (primary N) is 1. The summed E-state index contributed by atoms with van der Waals surface area (Å²) in [6.45, 7) is 0.597. The number of piperidine rings is 1. The zero-order valence-corrected chi connectivity index (χ0v) is 10.9. The summed E-state index contributed by atoms with van der Waals surface area (Å²) in [6, 6.07) is 2.70. The Morgan fingerprint density at radius 1 is 1.38 bits per heavy atom. The Balaban J connectivity index is 2.11. The van der Waals surface area contributed by atoms with Crippen molar-refractivity contribution >= 4 is 22.9 Å². The molecule has 0 spiro atoms. The van der Waals surface area contributed by atoms with Crippen LogP contribution in [0.5, 0.6) is 0 Å². The molecule has 0 aliphatic carbocycles. The van der Waals surface area contributed by atoms with Gasteiger partial charge in [0.25, 0.3) is 0 Å². The number of halogens is 3. The van der Waals surface area contributed by atoms with Crippen molar-refractivity contribution in [1.82, 2.24) is 14.9 Å². The van der Waals surface area contributed by atoms with Gasteiger partial charge in [0.1, 0.15) is 6.04 Å². The minimum absolute atomic E-state index is 0.0476. The molecule has 1 atom stereocenters. The van der Waals surface area contributed by atoms with Crippen molar-refractivity contribution < 1.29 is 18.0 Å². The smallest absolute Gasteiger partial charge is 0.369 e. The first kappa shape index (κ1) is 13.7. The molecule has 112 valence electrons. The second kappa shape index (κ2) is 4.64. The van der Waals surface area contributed by atoms with Crippen molar-refractivity contribution in [3.05, 3.63) is 23.8 Å². The Hall–Kier alpha value is -2.25. The first-order valence-electron chi connectivity index (χ1n) is 6.50. The van der Waals surface area contributed by atoms with Crippen LogP contribution in [0.4, 0.5) is 19.1 Å². The monoisotopic (exact) mass is 298 g/mol. The number of carbonyl (C=O) groups excluding carboxylic acids is 1. The predicted octanol–water partition coefficient (Wildman–Crippen LogP) is 2.09. The minimum atomic E-state index is -4.44. The number of hydrogen-bond donors (Lipinski definition) is 2. The third kappa shape index (κ3) is 2.30. The number of anilines is 1. The first-order chi connectivity index (χ1) is 9.88. The number of nitrogen functional groups attached to an aromatic ring is 1. The molecule has 8 heteroatoms. The first-order valence-corrected chi connectivity index (χ1v) is 6.50. The van der Waals surface area contributed by atoms with E-state index < -0.39 is 17.8 Å². The van der Waals surface area contributed by atoms with Gasteiger partial charge in [-0.25, -0.2) is 4.98 Å². The van der Waals surface area contributed by atoms with Gasteiger partial charge >= 0.3 is 6.18 Å². The number of nitrogens with zero attached hydrogens (tertiary/aromatic N) is 2. The van der Waals surface area contributed by atoms with Gasteiger partial charge in [-0.2, -0.15) is 13.2 Å². The molecule has 0 bridgehead atoms. The Morgan fingerprint density at radius 2 is 2.14 bits per heavy atom. The molecule has 3 rings (SSSR count). The summed E-state index contributed by atoms with van der Waals surface area (Å²) in [7, 11) is 0. The highest BCUT2D eigenvalue weighted by Crippen LogP contribution is 2.33. The van der Waals surface area contributed by atoms with Crippen molar-refractivity contribution in [2.45, 2.75) is 25.1 Å². The van der Waals surface area contributed by atoms with Crippen LogP contribution in [-0.2, 0) is 11.0 Å². The number of amides is 1. The SMILES string of the molecule is Nc1nc2cc(C(F)(F)F)ccc2n1C1CCCNC1=O. The lowest BCUT2D eigenvalue weighted by atomic mass is 10.1. The van der Waals surface area contributed by atoms with E-state index in [1.807, 2.05) is 0 Å². The number of imidazole rings is 1. The Bertz CT molecular complexity index is 707. The van der Waals surface area contributed by atoms with Crippen LogP contribution < -0.4 is 11.1 Å². The largest absolute Gasteiger partial charge is 0.416 e. The topological polar surface area (TPSA) is 72.9 Å². The Morgan fingerprint density at radius 3 is 2.81 bits per heavy atom. The molecule has 1 aliphatic heterocycles. The zero-order chi connectivity index (χ0) is 15.2. The fraction of sp³-hybridized carbons (Fsp3) is 0.385. The van der Waals surface area contributed by atoms with Crippen molar-refractivity contribution in [2.24, 2.45) is 0 Å². The second-order valence-electron chi connectivity index (χ2n) is 4.99. The number of nitrogens with one attached hydrogen (secondary N) is 1. The Kier molecular flexibility index (Phi) is 3.03. The van der Waals surface area contributed by atoms with Crippen LogP contribution in [0.2, 0.25) is 0 Å². The molecule has 1 amide bonds. The quantitative estimate of drug-likeness (QED) is 0.846. The molecule has 1 aliphatic rings. The van der Waals surface area contributed by atoms with E-state index >= 15 is 0 Å². The number of benzene rings is 1. The number of fused-ring (bicyclic) bond motifs is 1. The molecule has 1 unspecified atom stereocenters. The summed E-state index contributed by atoms with van der Waals surface area (Å²) in [5.41, 5.74) is 5.58. The molecule has 1 saturated heterocycles. The fourth-order valence-corrected chi connectivity index (χ4v) is 2.62. The van der Waals surface area contributed by atoms with Crippen LogP contribution in [0.15, 0.2) is 18.2 Å². The lowest BCUT2D eigenvalue weighted by Crippen LogP contribution is -2.38. The number of aromatic nitrogens is 2. The molecule has 0 radical (unpaired) electrons. The van der Waals surface area contributed by atoms with Crippen LogP contribution in [-0.4, -0.2) is 22.0 Å². The highest BCUT2D eigenvalue weighted by molar-refractivity contribution is 5.86. The van der Waals surface area contributed by atoms with E-state index in [1.54, 1.807) is 0 Å². The van der Waals surface area contributed by atoms with Gasteiger partial charge in [-0.3, -0.25) is 9.36 Å². The van der Waals surface area contributed by atoms with E-state index in [0.717, 1.165) is 18.6 Å². The van der Waals surface area contributed by atoms with Gasteiger partial charge in [-0.05, 0) is 31.0 Å². The summed E-state index contributed by atoms with van der Waals surface area (Å²) < 4.78 is 39.6. The van der Waals surface area contributed by atoms with E-state index in [4.69, 9.17) is 5.73 Å². The molecule has 1 aromatic carbocycles. The summed E-state index contributed by atoms with van der Waals surface area (Å²) in [5.74, 6) is -0.140. The van der Waals surface area contributed by atoms with E-state index in [9.17, 15) is 18.0 Å². The third-order valence-electron chi connectivity index (χ3n) is 3.61. The predicted molar refractivity (Wildman–Crippen MR) is 70.4 cm³/mol. The van der Waals surface area contributed by atoms with E-state index in [-0.39, 0.29) is 17.4 Å². The molecule has 3 N–H and O–H groups in total. The molecule has 0 saturated carbocycles. The van der Waals surface area contributed by atoms with Gasteiger partial charge in [-0.15, -0.1) is 0 Å². The zero-order valence-electron chi connectivity index (χ0n) is 10.9. The van der Waals surface area contributed by atoms with E-state index in [0.29, 0.717) is 18.5 Å². The second-order valence-corrected chi connectivity index (χ2v) is 4.99. The van der Waals surface area contributed by atoms with Gasteiger partial charge in [0.2, 0.25) is 11.9 Å². The van der Waals surface area contributed by atoms with Gasteiger partial charge in [0.15, 0.2) is 0 Å². The molecule has 1 fully saturated rings. The minimum Gasteiger partial charge on any atom is -0.369 e. The molecule has 1 aromatic heterocycles. The maximum absolute atomic E-state index is 12.7. The van der Waals surface area contributed by atoms with Crippen molar-refractivity contribution in [3.8, 4) is 0 Å². The van der Waals surface area contributed by atoms with Crippen LogP contribution in [0.25, 0.3) is 11.0 Å². The van der Waals surface area contributed by atoms with Gasteiger partial charge < -0.3 is 11.1 Å². The lowest BCUT2D eigenvalue weighted by molar-refractivity contribution is -0.137. The van der Waals surface area contributed by atoms with Crippen LogP contribution in [0.3, 0.4) is 0 Å². The summed E-state index contributed by atoms with van der Waals surface area (Å²) in [6.07, 6.45) is -3.06. The van der Waals surface area contributed by atoms with Gasteiger partial charge in [-0.1, -0.05) is 0 Å². The lowest BCUT2D eigenvalue weighted by Gasteiger charge is -2.24. The van der Waals surface area contributed by atoms with E-state index in [2.05, 4.69) is 10.3 Å². The fourth-order valence-electron chi connectivity index (χ4n) is 2.62. The van der Waals surface area contributed by atoms with Gasteiger partial charge in [0.05, 0.1) is 16.6 Å². The summed E-state index contributed by atoms with van der Waals surface area (Å²) in [4.78, 5) is 15.9. The number of alkyl halides is 3. The molecule has 21 heavy (non-hydrogen) atoms. The number of hydrogen-bond acceptors (Lipinski definition) is 3. The van der Waals surface area contributed by atoms with Crippen LogP contribution >= 0.6 is 0 Å². The molecule has 2 aromatic rings. The molecule has 5 nitrogen and oxygen atoms in total. The summed E-state index contributed by atoms with van der Waals surface area (Å²) in [5, 5.41) is 2.72. The number of carbonyl (C=O) groups is 1.